The fraction of sp³-hybridized carbons (Fsp3) is 0.462. The SMILES string of the molecule is CCCS(=O)(=O)NCCNC(=O)Cc1cccc(F)c1. The zero-order valence-corrected chi connectivity index (χ0v) is 12.2. The van der Waals surface area contributed by atoms with Crippen molar-refractivity contribution in [3.05, 3.63) is 35.6 Å². The average Bonchev–Trinajstić information content (AvgIpc) is 2.34. The van der Waals surface area contributed by atoms with Gasteiger partial charge in [0.05, 0.1) is 12.2 Å². The van der Waals surface area contributed by atoms with Crippen molar-refractivity contribution in [3.63, 3.8) is 0 Å². The summed E-state index contributed by atoms with van der Waals surface area (Å²) in [6.07, 6.45) is 0.612. The van der Waals surface area contributed by atoms with Crippen LogP contribution in [0, 0.1) is 5.82 Å². The van der Waals surface area contributed by atoms with Gasteiger partial charge in [-0.15, -0.1) is 0 Å². The topological polar surface area (TPSA) is 75.3 Å². The van der Waals surface area contributed by atoms with Gasteiger partial charge in [-0.05, 0) is 24.1 Å². The van der Waals surface area contributed by atoms with Crippen LogP contribution >= 0.6 is 0 Å². The molecule has 112 valence electrons. The van der Waals surface area contributed by atoms with Crippen molar-refractivity contribution in [1.29, 1.82) is 0 Å². The third-order valence-electron chi connectivity index (χ3n) is 2.50. The highest BCUT2D eigenvalue weighted by molar-refractivity contribution is 7.89. The Kier molecular flexibility index (Phi) is 6.60. The fourth-order valence-corrected chi connectivity index (χ4v) is 2.74. The van der Waals surface area contributed by atoms with Crippen LogP contribution in [-0.2, 0) is 21.2 Å². The molecule has 0 spiro atoms. The molecule has 2 N–H and O–H groups in total. The van der Waals surface area contributed by atoms with Gasteiger partial charge in [-0.2, -0.15) is 0 Å². The van der Waals surface area contributed by atoms with Crippen molar-refractivity contribution in [3.8, 4) is 0 Å². The van der Waals surface area contributed by atoms with Crippen LogP contribution in [0.3, 0.4) is 0 Å². The Morgan fingerprint density at radius 2 is 2.05 bits per heavy atom. The summed E-state index contributed by atoms with van der Waals surface area (Å²) < 4.78 is 38.0. The number of hydrogen-bond acceptors (Lipinski definition) is 3. The Balaban J connectivity index is 2.27. The van der Waals surface area contributed by atoms with Gasteiger partial charge in [-0.25, -0.2) is 17.5 Å². The van der Waals surface area contributed by atoms with E-state index in [1.165, 1.54) is 18.2 Å². The van der Waals surface area contributed by atoms with Crippen molar-refractivity contribution < 1.29 is 17.6 Å². The van der Waals surface area contributed by atoms with Crippen molar-refractivity contribution in [2.75, 3.05) is 18.8 Å². The summed E-state index contributed by atoms with van der Waals surface area (Å²) in [7, 11) is -3.24. The van der Waals surface area contributed by atoms with Crippen LogP contribution in [-0.4, -0.2) is 33.2 Å². The molecule has 0 radical (unpaired) electrons. The Labute approximate surface area is 118 Å². The molecular weight excluding hydrogens is 283 g/mol. The molecule has 1 rings (SSSR count). The molecule has 1 aromatic carbocycles. The van der Waals surface area contributed by atoms with Crippen molar-refractivity contribution in [2.24, 2.45) is 0 Å². The number of halogens is 1. The molecule has 0 heterocycles. The highest BCUT2D eigenvalue weighted by atomic mass is 32.2. The molecule has 5 nitrogen and oxygen atoms in total. The minimum Gasteiger partial charge on any atom is -0.355 e. The molecule has 0 aromatic heterocycles. The van der Waals surface area contributed by atoms with Crippen LogP contribution in [0.5, 0.6) is 0 Å². The summed E-state index contributed by atoms with van der Waals surface area (Å²) in [4.78, 5) is 11.6. The lowest BCUT2D eigenvalue weighted by molar-refractivity contribution is -0.120. The van der Waals surface area contributed by atoms with Crippen molar-refractivity contribution in [2.45, 2.75) is 19.8 Å². The van der Waals surface area contributed by atoms with Gasteiger partial charge < -0.3 is 5.32 Å². The van der Waals surface area contributed by atoms with Crippen molar-refractivity contribution in [1.82, 2.24) is 10.0 Å². The summed E-state index contributed by atoms with van der Waals surface area (Å²) in [5.74, 6) is -0.586. The third-order valence-corrected chi connectivity index (χ3v) is 4.09. The molecule has 0 aliphatic rings. The molecule has 0 fully saturated rings. The molecule has 0 saturated carbocycles. The lowest BCUT2D eigenvalue weighted by Crippen LogP contribution is -2.36. The Hall–Kier alpha value is -1.47. The maximum atomic E-state index is 12.9. The number of carbonyl (C=O) groups is 1. The minimum absolute atomic E-state index is 0.0689. The number of carbonyl (C=O) groups excluding carboxylic acids is 1. The first kappa shape index (κ1) is 16.6. The molecule has 0 bridgehead atoms. The Bertz CT molecular complexity index is 546. The van der Waals surface area contributed by atoms with Gasteiger partial charge in [0.2, 0.25) is 15.9 Å². The van der Waals surface area contributed by atoms with E-state index in [9.17, 15) is 17.6 Å². The van der Waals surface area contributed by atoms with Crippen LogP contribution < -0.4 is 10.0 Å². The van der Waals surface area contributed by atoms with Gasteiger partial charge >= 0.3 is 0 Å². The molecule has 0 unspecified atom stereocenters. The molecule has 20 heavy (non-hydrogen) atoms. The van der Waals surface area contributed by atoms with E-state index >= 15 is 0 Å². The van der Waals surface area contributed by atoms with E-state index in [0.29, 0.717) is 12.0 Å². The molecule has 0 aliphatic carbocycles. The number of benzene rings is 1. The molecule has 0 aliphatic heterocycles. The molecule has 1 aromatic rings. The smallest absolute Gasteiger partial charge is 0.224 e. The number of rotatable bonds is 8. The maximum Gasteiger partial charge on any atom is 0.224 e. The minimum atomic E-state index is -3.24. The number of nitrogens with one attached hydrogen (secondary N) is 2. The van der Waals surface area contributed by atoms with Gasteiger partial charge in [0.15, 0.2) is 0 Å². The van der Waals surface area contributed by atoms with E-state index in [1.54, 1.807) is 13.0 Å². The average molecular weight is 302 g/mol. The second kappa shape index (κ2) is 7.96. The van der Waals surface area contributed by atoms with Crippen LogP contribution in [0.4, 0.5) is 4.39 Å². The standard InChI is InChI=1S/C13H19FN2O3S/c1-2-8-20(18,19)16-7-6-15-13(17)10-11-4-3-5-12(14)9-11/h3-5,9,16H,2,6-8,10H2,1H3,(H,15,17). The van der Waals surface area contributed by atoms with Gasteiger partial charge in [0.1, 0.15) is 5.82 Å². The normalized spacial score (nSPS) is 11.3. The summed E-state index contributed by atoms with van der Waals surface area (Å²) >= 11 is 0. The number of hydrogen-bond donors (Lipinski definition) is 2. The molecule has 0 saturated heterocycles. The first-order chi connectivity index (χ1) is 9.43. The van der Waals surface area contributed by atoms with E-state index in [2.05, 4.69) is 10.0 Å². The monoisotopic (exact) mass is 302 g/mol. The van der Waals surface area contributed by atoms with Crippen LogP contribution in [0.1, 0.15) is 18.9 Å². The van der Waals surface area contributed by atoms with E-state index in [4.69, 9.17) is 0 Å². The van der Waals surface area contributed by atoms with Gasteiger partial charge in [0.25, 0.3) is 0 Å². The zero-order valence-electron chi connectivity index (χ0n) is 11.4. The number of amides is 1. The van der Waals surface area contributed by atoms with E-state index in [0.717, 1.165) is 0 Å². The molecule has 1 amide bonds. The summed E-state index contributed by atoms with van der Waals surface area (Å²) in [5, 5.41) is 2.58. The molecule has 7 heteroatoms. The highest BCUT2D eigenvalue weighted by Gasteiger charge is 2.08. The predicted molar refractivity (Wildman–Crippen MR) is 75.2 cm³/mol. The second-order valence-corrected chi connectivity index (χ2v) is 6.30. The summed E-state index contributed by atoms with van der Waals surface area (Å²) in [6.45, 7) is 2.13. The number of sulfonamides is 1. The summed E-state index contributed by atoms with van der Waals surface area (Å²) in [5.41, 5.74) is 0.578. The Morgan fingerprint density at radius 3 is 2.70 bits per heavy atom. The quantitative estimate of drug-likeness (QED) is 0.698. The lowest BCUT2D eigenvalue weighted by atomic mass is 10.1. The first-order valence-electron chi connectivity index (χ1n) is 6.41. The van der Waals surface area contributed by atoms with Gasteiger partial charge in [-0.1, -0.05) is 19.1 Å². The second-order valence-electron chi connectivity index (χ2n) is 4.37. The third kappa shape index (κ3) is 6.63. The first-order valence-corrected chi connectivity index (χ1v) is 8.06. The largest absolute Gasteiger partial charge is 0.355 e. The highest BCUT2D eigenvalue weighted by Crippen LogP contribution is 2.03. The Morgan fingerprint density at radius 1 is 1.30 bits per heavy atom. The summed E-state index contributed by atoms with van der Waals surface area (Å²) in [6, 6.07) is 5.80. The van der Waals surface area contributed by atoms with E-state index in [-0.39, 0.29) is 37.0 Å². The fourth-order valence-electron chi connectivity index (χ4n) is 1.64. The zero-order chi connectivity index (χ0) is 15.0. The van der Waals surface area contributed by atoms with Crippen LogP contribution in [0.15, 0.2) is 24.3 Å². The lowest BCUT2D eigenvalue weighted by Gasteiger charge is -2.07. The van der Waals surface area contributed by atoms with E-state index in [1.807, 2.05) is 0 Å². The van der Waals surface area contributed by atoms with Crippen molar-refractivity contribution >= 4 is 15.9 Å². The van der Waals surface area contributed by atoms with Gasteiger partial charge in [0, 0.05) is 13.1 Å². The molecular formula is C13H19FN2O3S. The van der Waals surface area contributed by atoms with E-state index < -0.39 is 10.0 Å². The predicted octanol–water partition coefficient (Wildman–Crippen LogP) is 0.814. The van der Waals surface area contributed by atoms with Crippen LogP contribution in [0.25, 0.3) is 0 Å². The molecule has 0 atom stereocenters. The van der Waals surface area contributed by atoms with Gasteiger partial charge in [-0.3, -0.25) is 4.79 Å². The van der Waals surface area contributed by atoms with Crippen LogP contribution in [0.2, 0.25) is 0 Å². The maximum absolute atomic E-state index is 12.9.